The number of nitrogens with zero attached hydrogens (tertiary/aromatic N) is 3. The van der Waals surface area contributed by atoms with Gasteiger partial charge in [0.1, 0.15) is 4.90 Å². The number of hydrogen-bond donors (Lipinski definition) is 1. The molecule has 6 rings (SSSR count). The molecule has 3 aromatic carbocycles. The van der Waals surface area contributed by atoms with Crippen LogP contribution < -0.4 is 5.32 Å². The number of fused-ring (bicyclic) bond motifs is 1. The number of pyridine rings is 1. The average Bonchev–Trinajstić information content (AvgIpc) is 3.10. The Balaban J connectivity index is 1.56. The highest BCUT2D eigenvalue weighted by atomic mass is 35.5. The number of piperidine rings is 1. The number of carbonyl (C=O) groups excluding carboxylic acids is 1. The largest absolute Gasteiger partial charge is 0.416 e. The maximum absolute atomic E-state index is 14.6. The van der Waals surface area contributed by atoms with E-state index in [1.54, 1.807) is 0 Å². The lowest BCUT2D eigenvalue weighted by atomic mass is 9.93. The van der Waals surface area contributed by atoms with Crippen molar-refractivity contribution in [1.82, 2.24) is 20.1 Å². The third-order valence-electron chi connectivity index (χ3n) is 9.46. The van der Waals surface area contributed by atoms with Crippen LogP contribution >= 0.6 is 11.6 Å². The van der Waals surface area contributed by atoms with Crippen LogP contribution in [0.3, 0.4) is 0 Å². The Morgan fingerprint density at radius 1 is 0.962 bits per heavy atom. The van der Waals surface area contributed by atoms with Crippen LogP contribution in [-0.2, 0) is 27.3 Å². The number of benzene rings is 3. The first-order valence-corrected chi connectivity index (χ1v) is 18.8. The topological polar surface area (TPSA) is 91.8 Å². The molecule has 1 atom stereocenters. The number of carbonyl (C=O) groups is 1. The fourth-order valence-electron chi connectivity index (χ4n) is 6.98. The summed E-state index contributed by atoms with van der Waals surface area (Å²) in [5, 5.41) is 1.71. The number of alkyl halides is 6. The molecule has 4 aromatic rings. The van der Waals surface area contributed by atoms with E-state index in [1.165, 1.54) is 48.5 Å². The lowest BCUT2D eigenvalue weighted by Crippen LogP contribution is -2.48. The minimum absolute atomic E-state index is 0.0462. The van der Waals surface area contributed by atoms with Gasteiger partial charge >= 0.3 is 12.4 Å². The van der Waals surface area contributed by atoms with Crippen molar-refractivity contribution in [2.75, 3.05) is 45.6 Å². The maximum Gasteiger partial charge on any atom is 0.416 e. The molecule has 2 saturated heterocycles. The van der Waals surface area contributed by atoms with Crippen molar-refractivity contribution in [2.24, 2.45) is 0 Å². The zero-order valence-electron chi connectivity index (χ0n) is 27.9. The van der Waals surface area contributed by atoms with Gasteiger partial charge in [-0.15, -0.1) is 0 Å². The summed E-state index contributed by atoms with van der Waals surface area (Å²) in [6.45, 7) is 3.71. The van der Waals surface area contributed by atoms with Gasteiger partial charge in [0.05, 0.1) is 40.6 Å². The smallest absolute Gasteiger partial charge is 0.379 e. The predicted octanol–water partition coefficient (Wildman–Crippen LogP) is 7.31. The Hall–Kier alpha value is -3.76. The predicted molar refractivity (Wildman–Crippen MR) is 184 cm³/mol. The van der Waals surface area contributed by atoms with E-state index in [1.807, 2.05) is 4.90 Å². The minimum Gasteiger partial charge on any atom is -0.379 e. The normalized spacial score (nSPS) is 17.7. The second-order valence-corrected chi connectivity index (χ2v) is 15.3. The molecular formula is C36H35ClF6N4O4S. The average molecular weight is 769 g/mol. The second kappa shape index (κ2) is 14.9. The van der Waals surface area contributed by atoms with Crippen LogP contribution in [0.25, 0.3) is 22.2 Å². The molecule has 3 heterocycles. The molecule has 1 aromatic heterocycles. The summed E-state index contributed by atoms with van der Waals surface area (Å²) in [5.74, 6) is -1.22. The van der Waals surface area contributed by atoms with Gasteiger partial charge in [-0.2, -0.15) is 26.3 Å². The first-order valence-electron chi connectivity index (χ1n) is 16.5. The molecule has 0 saturated carbocycles. The van der Waals surface area contributed by atoms with Crippen LogP contribution in [0, 0.1) is 0 Å². The molecule has 0 aliphatic carbocycles. The summed E-state index contributed by atoms with van der Waals surface area (Å²) in [6.07, 6.45) is -7.43. The van der Waals surface area contributed by atoms with Gasteiger partial charge < -0.3 is 10.1 Å². The summed E-state index contributed by atoms with van der Waals surface area (Å²) in [7, 11) is -4.19. The van der Waals surface area contributed by atoms with Crippen molar-refractivity contribution in [2.45, 2.75) is 48.7 Å². The summed E-state index contributed by atoms with van der Waals surface area (Å²) in [5.41, 5.74) is -2.25. The number of rotatable bonds is 8. The molecule has 0 unspecified atom stereocenters. The van der Waals surface area contributed by atoms with E-state index in [0.29, 0.717) is 26.3 Å². The van der Waals surface area contributed by atoms with Crippen molar-refractivity contribution in [3.63, 3.8) is 0 Å². The van der Waals surface area contributed by atoms with E-state index >= 15 is 0 Å². The highest BCUT2D eigenvalue weighted by molar-refractivity contribution is 7.91. The van der Waals surface area contributed by atoms with Gasteiger partial charge in [-0.05, 0) is 49.7 Å². The van der Waals surface area contributed by atoms with Crippen LogP contribution in [0.2, 0.25) is 5.02 Å². The summed E-state index contributed by atoms with van der Waals surface area (Å²) in [6, 6.07) is 11.1. The Labute approximate surface area is 301 Å². The molecule has 0 bridgehead atoms. The van der Waals surface area contributed by atoms with Crippen molar-refractivity contribution in [3.05, 3.63) is 94.0 Å². The molecule has 52 heavy (non-hydrogen) atoms. The van der Waals surface area contributed by atoms with E-state index in [0.717, 1.165) is 50.4 Å². The lowest BCUT2D eigenvalue weighted by molar-refractivity contribution is -0.155. The molecule has 2 aliphatic rings. The number of amides is 1. The highest BCUT2D eigenvalue weighted by Crippen LogP contribution is 2.40. The van der Waals surface area contributed by atoms with E-state index < -0.39 is 44.6 Å². The van der Waals surface area contributed by atoms with Crippen LogP contribution in [0.5, 0.6) is 0 Å². The van der Waals surface area contributed by atoms with Gasteiger partial charge in [0.2, 0.25) is 0 Å². The first kappa shape index (κ1) is 38.0. The molecule has 1 N–H and O–H groups in total. The summed E-state index contributed by atoms with van der Waals surface area (Å²) in [4.78, 5) is 22.8. The van der Waals surface area contributed by atoms with Crippen LogP contribution in [0.15, 0.2) is 71.6 Å². The first-order chi connectivity index (χ1) is 24.5. The summed E-state index contributed by atoms with van der Waals surface area (Å²) < 4.78 is 117. The van der Waals surface area contributed by atoms with Gasteiger partial charge in [-0.3, -0.25) is 14.6 Å². The molecule has 1 amide bonds. The molecule has 16 heteroatoms. The number of morpholine rings is 1. The van der Waals surface area contributed by atoms with E-state index in [9.17, 15) is 39.6 Å². The van der Waals surface area contributed by atoms with Crippen molar-refractivity contribution in [3.8, 4) is 11.3 Å². The fraction of sp³-hybridized carbons (Fsp3) is 0.389. The number of aromatic nitrogens is 1. The van der Waals surface area contributed by atoms with Crippen molar-refractivity contribution in [1.29, 1.82) is 0 Å². The van der Waals surface area contributed by atoms with Crippen molar-refractivity contribution < 1.29 is 44.3 Å². The number of hydrogen-bond acceptors (Lipinski definition) is 7. The lowest BCUT2D eigenvalue weighted by Gasteiger charge is -2.40. The molecule has 2 fully saturated rings. The molecule has 0 radical (unpaired) electrons. The SMILES string of the molecule is CS(=O)(=O)c1c(Cl)ccc2c(C(=O)N[C@H](c3ccccc3)C(F)(F)F)c(CN3CCC(N4CCOCC4)CC3)c(-c3cccc(C(F)(F)F)c3)nc12. The monoisotopic (exact) mass is 768 g/mol. The van der Waals surface area contributed by atoms with Gasteiger partial charge in [0.25, 0.3) is 5.91 Å². The Bertz CT molecular complexity index is 2050. The Morgan fingerprint density at radius 2 is 1.63 bits per heavy atom. The maximum atomic E-state index is 14.6. The Kier molecular flexibility index (Phi) is 10.9. The molecule has 2 aliphatic heterocycles. The van der Waals surface area contributed by atoms with Gasteiger partial charge in [0.15, 0.2) is 15.9 Å². The van der Waals surface area contributed by atoms with Crippen LogP contribution in [0.4, 0.5) is 26.3 Å². The van der Waals surface area contributed by atoms with Gasteiger partial charge in [0, 0.05) is 48.4 Å². The molecule has 8 nitrogen and oxygen atoms in total. The molecule has 278 valence electrons. The molecule has 0 spiro atoms. The number of sulfone groups is 1. The fourth-order valence-corrected chi connectivity index (χ4v) is 8.48. The Morgan fingerprint density at radius 3 is 2.25 bits per heavy atom. The quantitative estimate of drug-likeness (QED) is 0.188. The minimum atomic E-state index is -4.95. The zero-order valence-corrected chi connectivity index (χ0v) is 29.5. The van der Waals surface area contributed by atoms with Crippen LogP contribution in [-0.4, -0.2) is 87.0 Å². The molecular weight excluding hydrogens is 734 g/mol. The van der Waals surface area contributed by atoms with E-state index in [4.69, 9.17) is 16.3 Å². The van der Waals surface area contributed by atoms with E-state index in [2.05, 4.69) is 15.2 Å². The van der Waals surface area contributed by atoms with Gasteiger partial charge in [-0.25, -0.2) is 13.4 Å². The standard InChI is InChI=1S/C36H35ClF6N4O4S/c1-52(49,50)32-28(37)11-10-26-29(34(48)45-33(36(41,42)43)22-6-3-2-4-7-22)27(21-46-14-12-25(13-15-46)47-16-18-51-19-17-47)30(44-31(26)32)23-8-5-9-24(20-23)35(38,39)40/h2-11,20,25,33H,12-19,21H2,1H3,(H,45,48)/t33-/m1/s1. The van der Waals surface area contributed by atoms with Crippen molar-refractivity contribution >= 4 is 38.2 Å². The van der Waals surface area contributed by atoms with Gasteiger partial charge in [-0.1, -0.05) is 60.1 Å². The zero-order chi connectivity index (χ0) is 37.4. The highest BCUT2D eigenvalue weighted by Gasteiger charge is 2.43. The van der Waals surface area contributed by atoms with Crippen LogP contribution in [0.1, 0.15) is 45.9 Å². The van der Waals surface area contributed by atoms with E-state index in [-0.39, 0.29) is 56.5 Å². The number of nitrogens with one attached hydrogen (secondary N) is 1. The number of halogens is 7. The summed E-state index contributed by atoms with van der Waals surface area (Å²) >= 11 is 6.36. The number of ether oxygens (including phenoxy) is 1. The third-order valence-corrected chi connectivity index (χ3v) is 11.0. The third kappa shape index (κ3) is 8.23. The number of likely N-dealkylation sites (tertiary alicyclic amines) is 1. The second-order valence-electron chi connectivity index (χ2n) is 13.0.